The van der Waals surface area contributed by atoms with Crippen LogP contribution in [0.5, 0.6) is 0 Å². The number of alkyl halides is 3. The average molecular weight is 748 g/mol. The summed E-state index contributed by atoms with van der Waals surface area (Å²) in [5.74, 6) is -7.34. The van der Waals surface area contributed by atoms with E-state index in [4.69, 9.17) is 58.5 Å². The second-order valence-electron chi connectivity index (χ2n) is 15.0. The van der Waals surface area contributed by atoms with Crippen molar-refractivity contribution in [2.24, 2.45) is 28.6 Å². The molecule has 10 atom stereocenters. The minimum atomic E-state index is -2.22. The van der Waals surface area contributed by atoms with Crippen molar-refractivity contribution >= 4 is 64.5 Å². The Morgan fingerprint density at radius 3 is 2.16 bits per heavy atom. The molecule has 0 spiro atoms. The molecule has 1 heterocycles. The molecule has 0 aromatic heterocycles. The summed E-state index contributed by atoms with van der Waals surface area (Å²) in [7, 11) is 0. The van der Waals surface area contributed by atoms with Gasteiger partial charge in [-0.25, -0.2) is 9.59 Å². The van der Waals surface area contributed by atoms with Gasteiger partial charge >= 0.3 is 18.1 Å². The first-order valence-corrected chi connectivity index (χ1v) is 17.1. The molecule has 49 heavy (non-hydrogen) atoms. The summed E-state index contributed by atoms with van der Waals surface area (Å²) in [5.41, 5.74) is -9.24. The lowest BCUT2D eigenvalue weighted by atomic mass is 9.42. The van der Waals surface area contributed by atoms with Crippen LogP contribution in [0.3, 0.4) is 0 Å². The van der Waals surface area contributed by atoms with Gasteiger partial charge in [0.05, 0.1) is 29.6 Å². The Bertz CT molecular complexity index is 1540. The SMILES string of the molecule is CC(=O)O[C@@]12CO[C@@H]1C[C@H](OC(=O)OC(C)(C)C(Cl)(Cl)Cl)[C@@]1(C)C(=O)C(=O)C3C(C)C(O)C[C@@](O)([C@@H](OC(=O)c4ccccc4)[C@H]21)C3(C)C. The Morgan fingerprint density at radius 1 is 1.02 bits per heavy atom. The molecule has 1 aliphatic heterocycles. The topological polar surface area (TPSA) is 172 Å². The first-order chi connectivity index (χ1) is 22.5. The maximum Gasteiger partial charge on any atom is 0.509 e. The van der Waals surface area contributed by atoms with Gasteiger partial charge in [-0.05, 0) is 38.8 Å². The predicted molar refractivity (Wildman–Crippen MR) is 174 cm³/mol. The molecule has 3 saturated carbocycles. The molecule has 4 fully saturated rings. The molecule has 0 amide bonds. The van der Waals surface area contributed by atoms with Gasteiger partial charge in [0.1, 0.15) is 23.9 Å². The third-order valence-electron chi connectivity index (χ3n) is 11.5. The number of hydrogen-bond acceptors (Lipinski definition) is 12. The van der Waals surface area contributed by atoms with E-state index >= 15 is 0 Å². The van der Waals surface area contributed by atoms with Crippen LogP contribution in [0.4, 0.5) is 4.79 Å². The normalized spacial score (nSPS) is 38.4. The lowest BCUT2D eigenvalue weighted by Crippen LogP contribution is -2.82. The van der Waals surface area contributed by atoms with Crippen LogP contribution in [-0.4, -0.2) is 91.5 Å². The Balaban J connectivity index is 1.76. The molecule has 1 aromatic carbocycles. The molecular formula is C34H41Cl3O12. The number of aliphatic hydroxyl groups excluding tert-OH is 1. The molecule has 270 valence electrons. The second-order valence-corrected chi connectivity index (χ2v) is 17.2. The van der Waals surface area contributed by atoms with E-state index in [1.165, 1.54) is 32.9 Å². The summed E-state index contributed by atoms with van der Waals surface area (Å²) >= 11 is 18.1. The number of benzene rings is 1. The highest BCUT2D eigenvalue weighted by molar-refractivity contribution is 6.68. The molecule has 15 heteroatoms. The fourth-order valence-electron chi connectivity index (χ4n) is 8.50. The summed E-state index contributed by atoms with van der Waals surface area (Å²) < 4.78 is 27.2. The van der Waals surface area contributed by atoms with Crippen molar-refractivity contribution in [2.75, 3.05) is 6.61 Å². The molecule has 3 aliphatic carbocycles. The van der Waals surface area contributed by atoms with Gasteiger partial charge in [0.2, 0.25) is 15.4 Å². The number of aliphatic hydroxyl groups is 2. The van der Waals surface area contributed by atoms with Crippen LogP contribution >= 0.6 is 34.8 Å². The molecule has 12 nitrogen and oxygen atoms in total. The fraction of sp³-hybridized carbons (Fsp3) is 0.676. The van der Waals surface area contributed by atoms with Gasteiger partial charge in [0, 0.05) is 31.1 Å². The van der Waals surface area contributed by atoms with Gasteiger partial charge < -0.3 is 33.9 Å². The van der Waals surface area contributed by atoms with E-state index in [2.05, 4.69) is 0 Å². The van der Waals surface area contributed by atoms with Crippen LogP contribution in [0, 0.1) is 28.6 Å². The minimum Gasteiger partial charge on any atom is -0.455 e. The molecule has 2 N–H and O–H groups in total. The third-order valence-corrected chi connectivity index (χ3v) is 12.8. The number of carbonyl (C=O) groups excluding carboxylic acids is 5. The van der Waals surface area contributed by atoms with Crippen molar-refractivity contribution < 1.29 is 57.9 Å². The highest BCUT2D eigenvalue weighted by Crippen LogP contribution is 2.64. The van der Waals surface area contributed by atoms with Gasteiger partial charge in [-0.15, -0.1) is 0 Å². The number of carbonyl (C=O) groups is 5. The molecule has 5 rings (SSSR count). The number of hydrogen-bond donors (Lipinski definition) is 2. The van der Waals surface area contributed by atoms with Gasteiger partial charge in [0.15, 0.2) is 11.2 Å². The lowest BCUT2D eigenvalue weighted by Gasteiger charge is -2.67. The predicted octanol–water partition coefficient (Wildman–Crippen LogP) is 4.54. The van der Waals surface area contributed by atoms with Crippen LogP contribution in [0.15, 0.2) is 30.3 Å². The quantitative estimate of drug-likeness (QED) is 0.187. The van der Waals surface area contributed by atoms with E-state index in [1.54, 1.807) is 39.0 Å². The molecule has 4 aliphatic rings. The summed E-state index contributed by atoms with van der Waals surface area (Å²) in [6.07, 6.45) is -7.67. The van der Waals surface area contributed by atoms with Crippen LogP contribution in [0.1, 0.15) is 71.7 Å². The Morgan fingerprint density at radius 2 is 1.63 bits per heavy atom. The largest absolute Gasteiger partial charge is 0.509 e. The van der Waals surface area contributed by atoms with Crippen LogP contribution in [-0.2, 0) is 38.1 Å². The monoisotopic (exact) mass is 746 g/mol. The van der Waals surface area contributed by atoms with Crippen LogP contribution in [0.25, 0.3) is 0 Å². The zero-order valence-corrected chi connectivity index (χ0v) is 30.4. The van der Waals surface area contributed by atoms with E-state index in [0.29, 0.717) is 0 Å². The third kappa shape index (κ3) is 5.74. The summed E-state index contributed by atoms with van der Waals surface area (Å²) in [6.45, 7) is 9.55. The van der Waals surface area contributed by atoms with Crippen molar-refractivity contribution in [3.63, 3.8) is 0 Å². The zero-order valence-electron chi connectivity index (χ0n) is 28.2. The van der Waals surface area contributed by atoms with E-state index in [1.807, 2.05) is 0 Å². The van der Waals surface area contributed by atoms with Crippen molar-refractivity contribution in [2.45, 2.75) is 106 Å². The van der Waals surface area contributed by atoms with Crippen LogP contribution < -0.4 is 0 Å². The first-order valence-electron chi connectivity index (χ1n) is 16.0. The fourth-order valence-corrected chi connectivity index (χ4v) is 8.62. The molecule has 1 saturated heterocycles. The second kappa shape index (κ2) is 12.3. The highest BCUT2D eigenvalue weighted by atomic mass is 35.6. The smallest absolute Gasteiger partial charge is 0.455 e. The number of ketones is 2. The highest BCUT2D eigenvalue weighted by Gasteiger charge is 2.79. The average Bonchev–Trinajstić information content (AvgIpc) is 2.98. The van der Waals surface area contributed by atoms with Crippen LogP contribution in [0.2, 0.25) is 0 Å². The molecule has 1 aromatic rings. The maximum absolute atomic E-state index is 14.9. The Labute approximate surface area is 299 Å². The van der Waals surface area contributed by atoms with Gasteiger partial charge in [-0.3, -0.25) is 14.4 Å². The zero-order chi connectivity index (χ0) is 36.7. The number of rotatable bonds is 5. The van der Waals surface area contributed by atoms with Crippen molar-refractivity contribution in [1.29, 1.82) is 0 Å². The number of Topliss-reactive ketones (excluding diaryl/α,β-unsaturated/α-hetero) is 2. The summed E-state index contributed by atoms with van der Waals surface area (Å²) in [4.78, 5) is 69.5. The summed E-state index contributed by atoms with van der Waals surface area (Å²) in [6, 6.07) is 7.87. The van der Waals surface area contributed by atoms with Crippen molar-refractivity contribution in [1.82, 2.24) is 0 Å². The van der Waals surface area contributed by atoms with Gasteiger partial charge in [-0.2, -0.15) is 0 Å². The molecular weight excluding hydrogens is 707 g/mol. The molecule has 0 radical (unpaired) electrons. The Hall–Kier alpha value is -2.48. The van der Waals surface area contributed by atoms with E-state index in [9.17, 15) is 34.2 Å². The maximum atomic E-state index is 14.9. The minimum absolute atomic E-state index is 0.0976. The number of ether oxygens (including phenoxy) is 5. The summed E-state index contributed by atoms with van der Waals surface area (Å²) in [5, 5.41) is 24.3. The lowest BCUT2D eigenvalue weighted by molar-refractivity contribution is -0.350. The van der Waals surface area contributed by atoms with E-state index < -0.39 is 103 Å². The van der Waals surface area contributed by atoms with Gasteiger partial charge in [-0.1, -0.05) is 73.8 Å². The number of fused-ring (bicyclic) bond motifs is 5. The van der Waals surface area contributed by atoms with Crippen molar-refractivity contribution in [3.8, 4) is 0 Å². The molecule has 3 unspecified atom stereocenters. The van der Waals surface area contributed by atoms with Gasteiger partial charge in [0.25, 0.3) is 0 Å². The molecule has 2 bridgehead atoms. The van der Waals surface area contributed by atoms with E-state index in [-0.39, 0.29) is 25.0 Å². The van der Waals surface area contributed by atoms with E-state index in [0.717, 1.165) is 6.92 Å². The number of esters is 2. The van der Waals surface area contributed by atoms with Crippen molar-refractivity contribution in [3.05, 3.63) is 35.9 Å². The standard InChI is InChI=1S/C34H41Cl3O12/c1-16-19(39)14-33(44)26(47-27(42)18-11-9-8-10-12-18)24-31(7,25(41)23(40)22(16)29(33,3)4)20(13-21-32(24,15-45-21)48-17(2)38)46-28(43)49-30(5,6)34(35,36)37/h8-12,16,19-22,24,26,39,44H,13-15H2,1-7H3/t16?,19?,20-,21+,22?,24-,26-,31+,32-,33+/m0/s1. The Kier molecular flexibility index (Phi) is 9.51. The number of halogens is 3. The first kappa shape index (κ1) is 37.8.